The van der Waals surface area contributed by atoms with Gasteiger partial charge in [-0.3, -0.25) is 4.79 Å². The van der Waals surface area contributed by atoms with Crippen LogP contribution in [0.1, 0.15) is 12.0 Å². The molecule has 6 heteroatoms. The second kappa shape index (κ2) is 6.27. The molecule has 4 rings (SSSR count). The molecule has 0 aliphatic carbocycles. The molecule has 2 aliphatic heterocycles. The first-order chi connectivity index (χ1) is 12.1. The van der Waals surface area contributed by atoms with Crippen molar-refractivity contribution in [2.45, 2.75) is 19.5 Å². The van der Waals surface area contributed by atoms with E-state index in [1.807, 2.05) is 37.3 Å². The predicted molar refractivity (Wildman–Crippen MR) is 96.8 cm³/mol. The van der Waals surface area contributed by atoms with Crippen molar-refractivity contribution >= 4 is 28.7 Å². The van der Waals surface area contributed by atoms with Crippen molar-refractivity contribution in [3.63, 3.8) is 0 Å². The number of carbonyl (C=O) groups is 1. The van der Waals surface area contributed by atoms with Crippen LogP contribution in [0.15, 0.2) is 36.4 Å². The third-order valence-electron chi connectivity index (χ3n) is 4.60. The second-order valence-electron chi connectivity index (χ2n) is 6.50. The molecule has 130 valence electrons. The molecule has 1 saturated heterocycles. The smallest absolute Gasteiger partial charge is 0.262 e. The van der Waals surface area contributed by atoms with Crippen LogP contribution in [-0.2, 0) is 4.79 Å². The Labute approximate surface area is 145 Å². The normalized spacial score (nSPS) is 19.2. The average molecular weight is 341 g/mol. The van der Waals surface area contributed by atoms with Crippen molar-refractivity contribution in [3.05, 3.63) is 42.0 Å². The molecule has 2 N–H and O–H groups in total. The fourth-order valence-electron chi connectivity index (χ4n) is 3.24. The first kappa shape index (κ1) is 15.7. The van der Waals surface area contributed by atoms with Crippen LogP contribution in [0.25, 0.3) is 0 Å². The minimum atomic E-state index is -0.728. The van der Waals surface area contributed by atoms with Crippen molar-refractivity contribution in [3.8, 4) is 5.75 Å². The fourth-order valence-corrected chi connectivity index (χ4v) is 3.24. The molecule has 2 aromatic carbocycles. The number of rotatable bonds is 3. The number of alkyl halides is 1. The molecule has 2 aromatic rings. The largest absolute Gasteiger partial charge is 0.482 e. The van der Waals surface area contributed by atoms with Gasteiger partial charge in [0.1, 0.15) is 11.9 Å². The summed E-state index contributed by atoms with van der Waals surface area (Å²) in [7, 11) is 0. The van der Waals surface area contributed by atoms with Crippen molar-refractivity contribution in [2.24, 2.45) is 0 Å². The van der Waals surface area contributed by atoms with Gasteiger partial charge in [-0.05, 0) is 49.2 Å². The third kappa shape index (κ3) is 3.24. The summed E-state index contributed by atoms with van der Waals surface area (Å²) in [6, 6.07) is 11.7. The number of benzene rings is 2. The van der Waals surface area contributed by atoms with E-state index in [1.54, 1.807) is 0 Å². The van der Waals surface area contributed by atoms with Crippen molar-refractivity contribution in [1.82, 2.24) is 0 Å². The highest BCUT2D eigenvalue weighted by Gasteiger charge is 2.22. The lowest BCUT2D eigenvalue weighted by atomic mass is 10.1. The Hall–Kier alpha value is -2.76. The predicted octanol–water partition coefficient (Wildman–Crippen LogP) is 3.62. The monoisotopic (exact) mass is 341 g/mol. The van der Waals surface area contributed by atoms with Crippen molar-refractivity contribution < 1.29 is 13.9 Å². The molecule has 5 nitrogen and oxygen atoms in total. The van der Waals surface area contributed by atoms with Crippen LogP contribution < -0.4 is 20.3 Å². The Morgan fingerprint density at radius 2 is 2.16 bits per heavy atom. The lowest BCUT2D eigenvalue weighted by molar-refractivity contribution is -0.118. The molecule has 1 fully saturated rings. The highest BCUT2D eigenvalue weighted by molar-refractivity contribution is 5.95. The molecule has 0 aromatic heterocycles. The summed E-state index contributed by atoms with van der Waals surface area (Å²) in [5, 5.41) is 6.15. The number of fused-ring (bicyclic) bond motifs is 1. The van der Waals surface area contributed by atoms with Crippen LogP contribution >= 0.6 is 0 Å². The Balaban J connectivity index is 1.52. The van der Waals surface area contributed by atoms with Crippen LogP contribution in [0.4, 0.5) is 27.1 Å². The Morgan fingerprint density at radius 1 is 1.28 bits per heavy atom. The molecule has 2 aliphatic rings. The van der Waals surface area contributed by atoms with Gasteiger partial charge in [0, 0.05) is 36.2 Å². The number of halogens is 1. The molecule has 0 radical (unpaired) electrons. The van der Waals surface area contributed by atoms with Gasteiger partial charge in [-0.25, -0.2) is 4.39 Å². The van der Waals surface area contributed by atoms with E-state index in [0.717, 1.165) is 29.2 Å². The van der Waals surface area contributed by atoms with Crippen LogP contribution in [0.3, 0.4) is 0 Å². The first-order valence-corrected chi connectivity index (χ1v) is 8.42. The van der Waals surface area contributed by atoms with Crippen LogP contribution in [0.5, 0.6) is 5.75 Å². The van der Waals surface area contributed by atoms with Gasteiger partial charge < -0.3 is 20.3 Å². The van der Waals surface area contributed by atoms with E-state index in [9.17, 15) is 9.18 Å². The summed E-state index contributed by atoms with van der Waals surface area (Å²) in [5.41, 5.74) is 4.70. The summed E-state index contributed by atoms with van der Waals surface area (Å²) >= 11 is 0. The lowest BCUT2D eigenvalue weighted by Crippen LogP contribution is -2.25. The van der Waals surface area contributed by atoms with Gasteiger partial charge >= 0.3 is 0 Å². The van der Waals surface area contributed by atoms with E-state index in [4.69, 9.17) is 4.74 Å². The quantitative estimate of drug-likeness (QED) is 0.895. The Kier molecular flexibility index (Phi) is 3.95. The number of ether oxygens (including phenoxy) is 1. The molecule has 0 saturated carbocycles. The third-order valence-corrected chi connectivity index (χ3v) is 4.60. The summed E-state index contributed by atoms with van der Waals surface area (Å²) in [6.07, 6.45) is -0.126. The van der Waals surface area contributed by atoms with Crippen LogP contribution in [-0.4, -0.2) is 31.8 Å². The van der Waals surface area contributed by atoms with Gasteiger partial charge in [-0.15, -0.1) is 0 Å². The maximum atomic E-state index is 13.4. The molecule has 1 atom stereocenters. The second-order valence-corrected chi connectivity index (χ2v) is 6.50. The zero-order valence-electron chi connectivity index (χ0n) is 14.0. The van der Waals surface area contributed by atoms with Crippen LogP contribution in [0.2, 0.25) is 0 Å². The maximum Gasteiger partial charge on any atom is 0.262 e. The molecule has 2 heterocycles. The van der Waals surface area contributed by atoms with Gasteiger partial charge in [0.15, 0.2) is 6.61 Å². The van der Waals surface area contributed by atoms with Crippen molar-refractivity contribution in [2.75, 3.05) is 35.2 Å². The molecule has 0 spiro atoms. The number of carbonyl (C=O) groups excluding carboxylic acids is 1. The van der Waals surface area contributed by atoms with E-state index in [-0.39, 0.29) is 12.5 Å². The summed E-state index contributed by atoms with van der Waals surface area (Å²) < 4.78 is 18.8. The standard InChI is InChI=1S/C19H20FN3O2/c1-12-8-15(23-7-6-13(20)10-23)3-5-16(12)21-14-2-4-17-18(9-14)25-11-19(24)22-17/h2-5,8-9,13,21H,6-7,10-11H2,1H3,(H,22,24). The average Bonchev–Trinajstić information content (AvgIpc) is 3.03. The topological polar surface area (TPSA) is 53.6 Å². The Bertz CT molecular complexity index is 824. The summed E-state index contributed by atoms with van der Waals surface area (Å²) in [5.74, 6) is 0.516. The zero-order chi connectivity index (χ0) is 17.4. The number of anilines is 4. The first-order valence-electron chi connectivity index (χ1n) is 8.42. The Morgan fingerprint density at radius 3 is 2.92 bits per heavy atom. The van der Waals surface area contributed by atoms with E-state index in [1.165, 1.54) is 0 Å². The molecule has 25 heavy (non-hydrogen) atoms. The minimum absolute atomic E-state index is 0.0373. The zero-order valence-corrected chi connectivity index (χ0v) is 14.0. The number of hydrogen-bond acceptors (Lipinski definition) is 4. The van der Waals surface area contributed by atoms with Gasteiger partial charge in [-0.2, -0.15) is 0 Å². The van der Waals surface area contributed by atoms with Gasteiger partial charge in [0.25, 0.3) is 5.91 Å². The number of nitrogens with zero attached hydrogens (tertiary/aromatic N) is 1. The van der Waals surface area contributed by atoms with Crippen molar-refractivity contribution in [1.29, 1.82) is 0 Å². The van der Waals surface area contributed by atoms with Crippen LogP contribution in [0, 0.1) is 6.92 Å². The SMILES string of the molecule is Cc1cc(N2CCC(F)C2)ccc1Nc1ccc2c(c1)OCC(=O)N2. The van der Waals surface area contributed by atoms with E-state index in [2.05, 4.69) is 21.6 Å². The number of amides is 1. The minimum Gasteiger partial charge on any atom is -0.482 e. The fraction of sp³-hybridized carbons (Fsp3) is 0.316. The number of hydrogen-bond donors (Lipinski definition) is 2. The summed E-state index contributed by atoms with van der Waals surface area (Å²) in [6.45, 7) is 3.31. The van der Waals surface area contributed by atoms with Gasteiger partial charge in [-0.1, -0.05) is 0 Å². The highest BCUT2D eigenvalue weighted by Crippen LogP contribution is 2.33. The maximum absolute atomic E-state index is 13.4. The van der Waals surface area contributed by atoms with E-state index in [0.29, 0.717) is 24.4 Å². The van der Waals surface area contributed by atoms with E-state index < -0.39 is 6.17 Å². The summed E-state index contributed by atoms with van der Waals surface area (Å²) in [4.78, 5) is 13.4. The molecular weight excluding hydrogens is 321 g/mol. The lowest BCUT2D eigenvalue weighted by Gasteiger charge is -2.21. The molecule has 1 amide bonds. The van der Waals surface area contributed by atoms with Gasteiger partial charge in [0.2, 0.25) is 0 Å². The molecular formula is C19H20FN3O2. The van der Waals surface area contributed by atoms with E-state index >= 15 is 0 Å². The number of nitrogens with one attached hydrogen (secondary N) is 2. The molecule has 0 bridgehead atoms. The highest BCUT2D eigenvalue weighted by atomic mass is 19.1. The number of aryl methyl sites for hydroxylation is 1. The molecule has 1 unspecified atom stereocenters. The van der Waals surface area contributed by atoms with Gasteiger partial charge in [0.05, 0.1) is 5.69 Å².